The second-order valence-electron chi connectivity index (χ2n) is 10.7. The SMILES string of the molecule is Cc1ccc(N(CCCC(=O)N(Cc2ccc(Cl)cc2)[C@H](Cc2ccccc2)C(=O)NC(C)C)S(C)(=O)=O)cc1C. The molecule has 0 unspecified atom stereocenters. The Balaban J connectivity index is 1.88. The number of nitrogens with zero attached hydrogens (tertiary/aromatic N) is 2. The van der Waals surface area contributed by atoms with E-state index in [9.17, 15) is 18.0 Å². The molecule has 9 heteroatoms. The minimum Gasteiger partial charge on any atom is -0.352 e. The Bertz CT molecular complexity index is 1430. The zero-order valence-electron chi connectivity index (χ0n) is 24.4. The molecule has 0 heterocycles. The van der Waals surface area contributed by atoms with Gasteiger partial charge in [0.15, 0.2) is 0 Å². The molecule has 2 amide bonds. The molecule has 3 rings (SSSR count). The first-order valence-corrected chi connectivity index (χ1v) is 16.0. The molecular formula is C32H40ClN3O4S. The van der Waals surface area contributed by atoms with E-state index >= 15 is 0 Å². The molecule has 0 spiro atoms. The Morgan fingerprint density at radius 2 is 1.56 bits per heavy atom. The van der Waals surface area contributed by atoms with E-state index in [2.05, 4.69) is 5.32 Å². The lowest BCUT2D eigenvalue weighted by Gasteiger charge is -2.32. The number of halogens is 1. The van der Waals surface area contributed by atoms with E-state index in [0.717, 1.165) is 22.3 Å². The molecule has 3 aromatic carbocycles. The highest BCUT2D eigenvalue weighted by molar-refractivity contribution is 7.92. The van der Waals surface area contributed by atoms with E-state index in [1.54, 1.807) is 23.1 Å². The standard InChI is InChI=1S/C32H40ClN3O4S/c1-23(2)34-32(38)30(21-26-10-7-6-8-11-26)35(22-27-14-16-28(33)17-15-27)31(37)12-9-19-36(41(5,39)40)29-18-13-24(3)25(4)20-29/h6-8,10-11,13-18,20,23,30H,9,12,19,21-22H2,1-5H3,(H,34,38)/t30-/m1/s1. The van der Waals surface area contributed by atoms with Crippen LogP contribution in [-0.4, -0.2) is 50.0 Å². The molecule has 0 bridgehead atoms. The van der Waals surface area contributed by atoms with Crippen LogP contribution in [0.25, 0.3) is 0 Å². The molecule has 1 atom stereocenters. The van der Waals surface area contributed by atoms with Crippen LogP contribution in [0.2, 0.25) is 5.02 Å². The van der Waals surface area contributed by atoms with Gasteiger partial charge in [0.05, 0.1) is 11.9 Å². The minimum absolute atomic E-state index is 0.0741. The van der Waals surface area contributed by atoms with E-state index in [1.807, 2.05) is 82.3 Å². The summed E-state index contributed by atoms with van der Waals surface area (Å²) in [7, 11) is -3.57. The van der Waals surface area contributed by atoms with Crippen LogP contribution in [0.3, 0.4) is 0 Å². The van der Waals surface area contributed by atoms with Gasteiger partial charge in [-0.25, -0.2) is 8.42 Å². The quantitative estimate of drug-likeness (QED) is 0.275. The van der Waals surface area contributed by atoms with E-state index in [0.29, 0.717) is 23.6 Å². The number of carbonyl (C=O) groups is 2. The minimum atomic E-state index is -3.57. The number of carbonyl (C=O) groups excluding carboxylic acids is 2. The Kier molecular flexibility index (Phi) is 11.4. The second-order valence-corrected chi connectivity index (χ2v) is 13.1. The van der Waals surface area contributed by atoms with Crippen LogP contribution in [-0.2, 0) is 32.6 Å². The van der Waals surface area contributed by atoms with Gasteiger partial charge in [-0.2, -0.15) is 0 Å². The first kappa shape index (κ1) is 32.2. The molecule has 0 radical (unpaired) electrons. The predicted molar refractivity (Wildman–Crippen MR) is 167 cm³/mol. The maximum absolute atomic E-state index is 13.9. The van der Waals surface area contributed by atoms with Crippen molar-refractivity contribution in [2.45, 2.75) is 65.6 Å². The number of rotatable bonds is 13. The van der Waals surface area contributed by atoms with Crippen molar-refractivity contribution in [1.82, 2.24) is 10.2 Å². The molecule has 0 aliphatic heterocycles. The Labute approximate surface area is 249 Å². The normalized spacial score (nSPS) is 12.2. The van der Waals surface area contributed by atoms with E-state index in [4.69, 9.17) is 11.6 Å². The number of amides is 2. The van der Waals surface area contributed by atoms with Gasteiger partial charge in [0, 0.05) is 37.0 Å². The van der Waals surface area contributed by atoms with Crippen molar-refractivity contribution < 1.29 is 18.0 Å². The smallest absolute Gasteiger partial charge is 0.243 e. The molecule has 7 nitrogen and oxygen atoms in total. The summed E-state index contributed by atoms with van der Waals surface area (Å²) in [6, 6.07) is 21.5. The Morgan fingerprint density at radius 1 is 0.902 bits per heavy atom. The van der Waals surface area contributed by atoms with Crippen LogP contribution < -0.4 is 9.62 Å². The number of nitrogens with one attached hydrogen (secondary N) is 1. The number of hydrogen-bond acceptors (Lipinski definition) is 4. The third-order valence-corrected chi connectivity index (χ3v) is 8.34. The van der Waals surface area contributed by atoms with Gasteiger partial charge in [0.25, 0.3) is 0 Å². The van der Waals surface area contributed by atoms with E-state index in [-0.39, 0.29) is 37.4 Å². The average molecular weight is 598 g/mol. The zero-order valence-corrected chi connectivity index (χ0v) is 26.0. The van der Waals surface area contributed by atoms with Gasteiger partial charge in [0.1, 0.15) is 6.04 Å². The summed E-state index contributed by atoms with van der Waals surface area (Å²) in [6.45, 7) is 8.03. The fraction of sp³-hybridized carbons (Fsp3) is 0.375. The maximum atomic E-state index is 13.9. The highest BCUT2D eigenvalue weighted by atomic mass is 35.5. The van der Waals surface area contributed by atoms with Crippen LogP contribution in [0.5, 0.6) is 0 Å². The topological polar surface area (TPSA) is 86.8 Å². The number of anilines is 1. The van der Waals surface area contributed by atoms with Crippen LogP contribution in [0.1, 0.15) is 48.9 Å². The monoisotopic (exact) mass is 597 g/mol. The van der Waals surface area contributed by atoms with Gasteiger partial charge in [-0.1, -0.05) is 60.1 Å². The third kappa shape index (κ3) is 9.61. The highest BCUT2D eigenvalue weighted by Gasteiger charge is 2.31. The van der Waals surface area contributed by atoms with Gasteiger partial charge in [0.2, 0.25) is 21.8 Å². The first-order valence-electron chi connectivity index (χ1n) is 13.8. The first-order chi connectivity index (χ1) is 19.3. The van der Waals surface area contributed by atoms with Crippen LogP contribution in [0, 0.1) is 13.8 Å². The van der Waals surface area contributed by atoms with E-state index < -0.39 is 16.1 Å². The van der Waals surface area contributed by atoms with Gasteiger partial charge in [-0.15, -0.1) is 0 Å². The summed E-state index contributed by atoms with van der Waals surface area (Å²) in [5, 5.41) is 3.56. The average Bonchev–Trinajstić information content (AvgIpc) is 2.90. The van der Waals surface area contributed by atoms with Crippen molar-refractivity contribution in [2.75, 3.05) is 17.1 Å². The van der Waals surface area contributed by atoms with E-state index in [1.165, 1.54) is 10.6 Å². The Hall–Kier alpha value is -3.36. The zero-order chi connectivity index (χ0) is 30.2. The third-order valence-electron chi connectivity index (χ3n) is 6.90. The molecule has 0 fully saturated rings. The number of benzene rings is 3. The summed E-state index contributed by atoms with van der Waals surface area (Å²) in [5.74, 6) is -0.465. The molecule has 0 aromatic heterocycles. The van der Waals surface area contributed by atoms with Gasteiger partial charge >= 0.3 is 0 Å². The predicted octanol–water partition coefficient (Wildman–Crippen LogP) is 5.67. The summed E-state index contributed by atoms with van der Waals surface area (Å²) in [4.78, 5) is 29.0. The molecule has 220 valence electrons. The van der Waals surface area contributed by atoms with Crippen molar-refractivity contribution in [3.8, 4) is 0 Å². The largest absolute Gasteiger partial charge is 0.352 e. The lowest BCUT2D eigenvalue weighted by molar-refractivity contribution is -0.141. The fourth-order valence-corrected chi connectivity index (χ4v) is 5.69. The second kappa shape index (κ2) is 14.5. The molecule has 0 aliphatic rings. The summed E-state index contributed by atoms with van der Waals surface area (Å²) in [5.41, 5.74) is 4.40. The number of sulfonamides is 1. The van der Waals surface area contributed by atoms with Gasteiger partial charge < -0.3 is 10.2 Å². The molecular weight excluding hydrogens is 558 g/mol. The molecule has 41 heavy (non-hydrogen) atoms. The van der Waals surface area contributed by atoms with Crippen LogP contribution in [0.4, 0.5) is 5.69 Å². The Morgan fingerprint density at radius 3 is 2.15 bits per heavy atom. The lowest BCUT2D eigenvalue weighted by Crippen LogP contribution is -2.51. The van der Waals surface area contributed by atoms with Crippen molar-refractivity contribution in [2.24, 2.45) is 0 Å². The maximum Gasteiger partial charge on any atom is 0.243 e. The van der Waals surface area contributed by atoms with Gasteiger partial charge in [-0.3, -0.25) is 13.9 Å². The highest BCUT2D eigenvalue weighted by Crippen LogP contribution is 2.23. The van der Waals surface area contributed by atoms with Crippen molar-refractivity contribution in [1.29, 1.82) is 0 Å². The van der Waals surface area contributed by atoms with Crippen LogP contribution >= 0.6 is 11.6 Å². The summed E-state index contributed by atoms with van der Waals surface area (Å²) >= 11 is 6.09. The summed E-state index contributed by atoms with van der Waals surface area (Å²) in [6.07, 6.45) is 1.88. The van der Waals surface area contributed by atoms with Gasteiger partial charge in [-0.05, 0) is 80.6 Å². The molecule has 0 aliphatic carbocycles. The van der Waals surface area contributed by atoms with Crippen molar-refractivity contribution in [3.05, 3.63) is 100 Å². The molecule has 0 saturated carbocycles. The van der Waals surface area contributed by atoms with Crippen molar-refractivity contribution >= 4 is 39.1 Å². The molecule has 0 saturated heterocycles. The summed E-state index contributed by atoms with van der Waals surface area (Å²) < 4.78 is 26.7. The number of aryl methyl sites for hydroxylation is 2. The molecule has 3 aromatic rings. The van der Waals surface area contributed by atoms with Crippen molar-refractivity contribution in [3.63, 3.8) is 0 Å². The molecule has 1 N–H and O–H groups in total. The van der Waals surface area contributed by atoms with Crippen LogP contribution in [0.15, 0.2) is 72.8 Å². The number of hydrogen-bond donors (Lipinski definition) is 1. The lowest BCUT2D eigenvalue weighted by atomic mass is 10.0. The fourth-order valence-electron chi connectivity index (χ4n) is 4.61.